The van der Waals surface area contributed by atoms with Gasteiger partial charge in [0.2, 0.25) is 5.91 Å². The van der Waals surface area contributed by atoms with Gasteiger partial charge < -0.3 is 15.3 Å². The number of carbonyl (C=O) groups excluding carboxylic acids is 1. The third-order valence-corrected chi connectivity index (χ3v) is 3.54. The van der Waals surface area contributed by atoms with E-state index in [1.807, 2.05) is 0 Å². The van der Waals surface area contributed by atoms with E-state index in [0.29, 0.717) is 6.04 Å². The number of hydrogen-bond donors (Lipinski definition) is 2. The maximum absolute atomic E-state index is 12.4. The summed E-state index contributed by atoms with van der Waals surface area (Å²) in [4.78, 5) is 14.0. The normalized spacial score (nSPS) is 23.7. The van der Waals surface area contributed by atoms with Gasteiger partial charge in [-0.05, 0) is 50.6 Å². The van der Waals surface area contributed by atoms with Gasteiger partial charge in [0, 0.05) is 24.7 Å². The van der Waals surface area contributed by atoms with Gasteiger partial charge in [-0.2, -0.15) is 0 Å². The van der Waals surface area contributed by atoms with Gasteiger partial charge >= 0.3 is 0 Å². The molecule has 2 unspecified atom stereocenters. The van der Waals surface area contributed by atoms with E-state index in [1.165, 1.54) is 0 Å². The Bertz CT molecular complexity index is 416. The predicted molar refractivity (Wildman–Crippen MR) is 71.7 cm³/mol. The molecule has 1 aromatic carbocycles. The van der Waals surface area contributed by atoms with Crippen LogP contribution in [0.2, 0.25) is 0 Å². The molecule has 1 saturated heterocycles. The molecule has 0 aliphatic carbocycles. The zero-order valence-electron chi connectivity index (χ0n) is 10.9. The molecular formula is C14H20N2O2. The molecule has 18 heavy (non-hydrogen) atoms. The van der Waals surface area contributed by atoms with Crippen molar-refractivity contribution in [2.45, 2.75) is 25.8 Å². The minimum absolute atomic E-state index is 0.0973. The molecule has 0 saturated carbocycles. The Morgan fingerprint density at radius 3 is 2.67 bits per heavy atom. The average molecular weight is 248 g/mol. The summed E-state index contributed by atoms with van der Waals surface area (Å²) in [6.07, 6.45) is 1.78. The van der Waals surface area contributed by atoms with Gasteiger partial charge in [-0.3, -0.25) is 4.79 Å². The fraction of sp³-hybridized carbons (Fsp3) is 0.500. The van der Waals surface area contributed by atoms with Crippen molar-refractivity contribution in [3.63, 3.8) is 0 Å². The molecule has 0 aromatic heterocycles. The highest BCUT2D eigenvalue weighted by atomic mass is 16.3. The van der Waals surface area contributed by atoms with Gasteiger partial charge in [-0.1, -0.05) is 0 Å². The molecule has 1 amide bonds. The Kier molecular flexibility index (Phi) is 3.87. The lowest BCUT2D eigenvalue weighted by Gasteiger charge is -2.30. The lowest BCUT2D eigenvalue weighted by atomic mass is 9.92. The number of benzene rings is 1. The Morgan fingerprint density at radius 1 is 1.39 bits per heavy atom. The second kappa shape index (κ2) is 5.40. The van der Waals surface area contributed by atoms with Crippen LogP contribution < -0.4 is 10.2 Å². The first-order chi connectivity index (χ1) is 8.58. The quantitative estimate of drug-likeness (QED) is 0.838. The summed E-state index contributed by atoms with van der Waals surface area (Å²) in [5.41, 5.74) is 0.823. The summed E-state index contributed by atoms with van der Waals surface area (Å²) >= 11 is 0. The van der Waals surface area contributed by atoms with Crippen LogP contribution in [-0.4, -0.2) is 30.6 Å². The highest BCUT2D eigenvalue weighted by molar-refractivity contribution is 5.94. The van der Waals surface area contributed by atoms with Crippen molar-refractivity contribution < 1.29 is 9.90 Å². The van der Waals surface area contributed by atoms with Crippen LogP contribution in [0.1, 0.15) is 19.8 Å². The molecular weight excluding hydrogens is 228 g/mol. The molecule has 1 aliphatic rings. The van der Waals surface area contributed by atoms with Crippen molar-refractivity contribution in [1.29, 1.82) is 0 Å². The minimum atomic E-state index is 0.0973. The highest BCUT2D eigenvalue weighted by Gasteiger charge is 2.27. The van der Waals surface area contributed by atoms with Crippen LogP contribution in [0.3, 0.4) is 0 Å². The first-order valence-corrected chi connectivity index (χ1v) is 6.38. The van der Waals surface area contributed by atoms with Gasteiger partial charge in [0.1, 0.15) is 5.75 Å². The molecule has 1 fully saturated rings. The predicted octanol–water partition coefficient (Wildman–Crippen LogP) is 1.74. The number of phenolic OH excluding ortho intramolecular Hbond substituents is 1. The monoisotopic (exact) mass is 248 g/mol. The number of hydrogen-bond acceptors (Lipinski definition) is 3. The number of nitrogens with one attached hydrogen (secondary N) is 1. The second-order valence-electron chi connectivity index (χ2n) is 4.99. The van der Waals surface area contributed by atoms with Crippen molar-refractivity contribution in [2.75, 3.05) is 18.5 Å². The van der Waals surface area contributed by atoms with Crippen molar-refractivity contribution >= 4 is 11.6 Å². The SMILES string of the molecule is CC1CC(C(=O)N(C)c2ccc(O)cc2)CCN1. The van der Waals surface area contributed by atoms with Gasteiger partial charge in [-0.15, -0.1) is 0 Å². The van der Waals surface area contributed by atoms with Crippen molar-refractivity contribution in [1.82, 2.24) is 5.32 Å². The fourth-order valence-corrected chi connectivity index (χ4v) is 2.43. The van der Waals surface area contributed by atoms with E-state index in [1.54, 1.807) is 36.2 Å². The molecule has 1 aliphatic heterocycles. The summed E-state index contributed by atoms with van der Waals surface area (Å²) in [6.45, 7) is 3.01. The number of rotatable bonds is 2. The van der Waals surface area contributed by atoms with E-state index in [9.17, 15) is 9.90 Å². The number of carbonyl (C=O) groups is 1. The third-order valence-electron chi connectivity index (χ3n) is 3.54. The van der Waals surface area contributed by atoms with E-state index < -0.39 is 0 Å². The smallest absolute Gasteiger partial charge is 0.229 e. The third kappa shape index (κ3) is 2.82. The Morgan fingerprint density at radius 2 is 2.06 bits per heavy atom. The minimum Gasteiger partial charge on any atom is -0.508 e. The van der Waals surface area contributed by atoms with Gasteiger partial charge in [0.15, 0.2) is 0 Å². The molecule has 1 aromatic rings. The Balaban J connectivity index is 2.06. The standard InChI is InChI=1S/C14H20N2O2/c1-10-9-11(7-8-15-10)14(18)16(2)12-3-5-13(17)6-4-12/h3-6,10-11,15,17H,7-9H2,1-2H3. The van der Waals surface area contributed by atoms with E-state index in [4.69, 9.17) is 0 Å². The molecule has 2 atom stereocenters. The molecule has 4 nitrogen and oxygen atoms in total. The van der Waals surface area contributed by atoms with Crippen molar-refractivity contribution in [3.8, 4) is 5.75 Å². The van der Waals surface area contributed by atoms with Crippen molar-refractivity contribution in [2.24, 2.45) is 5.92 Å². The van der Waals surface area contributed by atoms with Gasteiger partial charge in [0.05, 0.1) is 0 Å². The van der Waals surface area contributed by atoms with Crippen LogP contribution in [0.4, 0.5) is 5.69 Å². The number of piperidine rings is 1. The largest absolute Gasteiger partial charge is 0.508 e. The average Bonchev–Trinajstić information content (AvgIpc) is 2.38. The molecule has 1 heterocycles. The zero-order chi connectivity index (χ0) is 13.1. The summed E-state index contributed by atoms with van der Waals surface area (Å²) < 4.78 is 0. The first kappa shape index (κ1) is 12.9. The highest BCUT2D eigenvalue weighted by Crippen LogP contribution is 2.23. The van der Waals surface area contributed by atoms with Crippen LogP contribution in [0.15, 0.2) is 24.3 Å². The molecule has 2 N–H and O–H groups in total. The summed E-state index contributed by atoms with van der Waals surface area (Å²) in [6, 6.07) is 7.13. The van der Waals surface area contributed by atoms with E-state index in [0.717, 1.165) is 25.1 Å². The number of nitrogens with zero attached hydrogens (tertiary/aromatic N) is 1. The number of phenols is 1. The molecule has 0 bridgehead atoms. The maximum atomic E-state index is 12.4. The Hall–Kier alpha value is -1.55. The number of anilines is 1. The first-order valence-electron chi connectivity index (χ1n) is 6.38. The number of amides is 1. The van der Waals surface area contributed by atoms with Gasteiger partial charge in [-0.25, -0.2) is 0 Å². The van der Waals surface area contributed by atoms with Crippen LogP contribution in [0, 0.1) is 5.92 Å². The molecule has 0 spiro atoms. The summed E-state index contributed by atoms with van der Waals surface area (Å²) in [5.74, 6) is 0.476. The summed E-state index contributed by atoms with van der Waals surface area (Å²) in [5, 5.41) is 12.6. The van der Waals surface area contributed by atoms with Crippen LogP contribution in [-0.2, 0) is 4.79 Å². The molecule has 98 valence electrons. The lowest BCUT2D eigenvalue weighted by Crippen LogP contribution is -2.43. The maximum Gasteiger partial charge on any atom is 0.229 e. The second-order valence-corrected chi connectivity index (χ2v) is 4.99. The topological polar surface area (TPSA) is 52.6 Å². The van der Waals surface area contributed by atoms with Crippen LogP contribution in [0.25, 0.3) is 0 Å². The van der Waals surface area contributed by atoms with Crippen molar-refractivity contribution in [3.05, 3.63) is 24.3 Å². The van der Waals surface area contributed by atoms with Crippen LogP contribution >= 0.6 is 0 Å². The molecule has 4 heteroatoms. The summed E-state index contributed by atoms with van der Waals surface area (Å²) in [7, 11) is 1.79. The molecule has 0 radical (unpaired) electrons. The zero-order valence-corrected chi connectivity index (χ0v) is 10.9. The Labute approximate surface area is 108 Å². The number of aromatic hydroxyl groups is 1. The molecule has 2 rings (SSSR count). The fourth-order valence-electron chi connectivity index (χ4n) is 2.43. The van der Waals surface area contributed by atoms with E-state index >= 15 is 0 Å². The van der Waals surface area contributed by atoms with E-state index in [2.05, 4.69) is 12.2 Å². The van der Waals surface area contributed by atoms with Crippen LogP contribution in [0.5, 0.6) is 5.75 Å². The van der Waals surface area contributed by atoms with Gasteiger partial charge in [0.25, 0.3) is 0 Å². The van der Waals surface area contributed by atoms with E-state index in [-0.39, 0.29) is 17.6 Å². The lowest BCUT2D eigenvalue weighted by molar-refractivity contribution is -0.123.